The number of nitro benzene ring substituents is 1. The molecule has 0 radical (unpaired) electrons. The van der Waals surface area contributed by atoms with E-state index < -0.39 is 26.6 Å². The van der Waals surface area contributed by atoms with Crippen LogP contribution >= 0.6 is 11.6 Å². The predicted octanol–water partition coefficient (Wildman–Crippen LogP) is 4.19. The Labute approximate surface area is 187 Å². The van der Waals surface area contributed by atoms with E-state index in [1.54, 1.807) is 12.1 Å². The van der Waals surface area contributed by atoms with Gasteiger partial charge in [-0.1, -0.05) is 29.8 Å². The van der Waals surface area contributed by atoms with Crippen molar-refractivity contribution in [2.75, 3.05) is 10.1 Å². The lowest BCUT2D eigenvalue weighted by Gasteiger charge is -2.09. The van der Waals surface area contributed by atoms with E-state index in [-0.39, 0.29) is 27.4 Å². The molecule has 0 heterocycles. The van der Waals surface area contributed by atoms with Gasteiger partial charge in [-0.15, -0.1) is 0 Å². The van der Waals surface area contributed by atoms with Gasteiger partial charge in [-0.2, -0.15) is 5.10 Å². The Bertz CT molecular complexity index is 1310. The third kappa shape index (κ3) is 5.39. The quantitative estimate of drug-likeness (QED) is 0.251. The number of aromatic carboxylic acids is 1. The molecule has 10 nitrogen and oxygen atoms in total. The third-order valence-corrected chi connectivity index (χ3v) is 5.78. The largest absolute Gasteiger partial charge is 0.478 e. The fourth-order valence-corrected chi connectivity index (χ4v) is 3.84. The highest BCUT2D eigenvalue weighted by Crippen LogP contribution is 2.29. The van der Waals surface area contributed by atoms with Crippen molar-refractivity contribution in [3.05, 3.63) is 93.0 Å². The zero-order valence-electron chi connectivity index (χ0n) is 16.1. The third-order valence-electron chi connectivity index (χ3n) is 4.15. The molecule has 0 saturated heterocycles. The Morgan fingerprint density at radius 3 is 2.44 bits per heavy atom. The van der Waals surface area contributed by atoms with Gasteiger partial charge in [0.15, 0.2) is 0 Å². The van der Waals surface area contributed by atoms with Crippen LogP contribution in [0.25, 0.3) is 0 Å². The Morgan fingerprint density at radius 2 is 1.78 bits per heavy atom. The van der Waals surface area contributed by atoms with E-state index in [1.807, 2.05) is 0 Å². The van der Waals surface area contributed by atoms with Crippen molar-refractivity contribution in [3.63, 3.8) is 0 Å². The van der Waals surface area contributed by atoms with E-state index in [1.165, 1.54) is 54.7 Å². The highest BCUT2D eigenvalue weighted by molar-refractivity contribution is 7.92. The van der Waals surface area contributed by atoms with Crippen LogP contribution in [0.4, 0.5) is 17.1 Å². The normalized spacial score (nSPS) is 11.3. The molecule has 0 aliphatic heterocycles. The van der Waals surface area contributed by atoms with Crippen molar-refractivity contribution in [3.8, 4) is 0 Å². The maximum absolute atomic E-state index is 12.6. The van der Waals surface area contributed by atoms with Gasteiger partial charge >= 0.3 is 5.97 Å². The standard InChI is InChI=1S/C20H15ClN4O6S/c21-14-5-7-15(8-6-14)24-32(30,31)16-9-10-18(19(11-16)25(28)29)23-22-12-13-3-1-2-4-17(13)20(26)27/h1-12,23-24H,(H,26,27). The zero-order valence-corrected chi connectivity index (χ0v) is 17.7. The summed E-state index contributed by atoms with van der Waals surface area (Å²) in [4.78, 5) is 21.6. The van der Waals surface area contributed by atoms with Gasteiger partial charge in [0.1, 0.15) is 5.69 Å². The lowest BCUT2D eigenvalue weighted by Crippen LogP contribution is -2.13. The molecular weight excluding hydrogens is 460 g/mol. The van der Waals surface area contributed by atoms with Crippen molar-refractivity contribution in [2.45, 2.75) is 4.90 Å². The first kappa shape index (κ1) is 22.7. The Balaban J connectivity index is 1.86. The molecule has 164 valence electrons. The molecule has 0 fully saturated rings. The summed E-state index contributed by atoms with van der Waals surface area (Å²) >= 11 is 5.78. The first-order valence-electron chi connectivity index (χ1n) is 8.85. The highest BCUT2D eigenvalue weighted by Gasteiger charge is 2.21. The second-order valence-corrected chi connectivity index (χ2v) is 8.43. The van der Waals surface area contributed by atoms with Crippen molar-refractivity contribution >= 4 is 50.9 Å². The number of sulfonamides is 1. The maximum Gasteiger partial charge on any atom is 0.336 e. The summed E-state index contributed by atoms with van der Waals surface area (Å²) in [6, 6.07) is 15.2. The fourth-order valence-electron chi connectivity index (χ4n) is 2.63. The highest BCUT2D eigenvalue weighted by atomic mass is 35.5. The summed E-state index contributed by atoms with van der Waals surface area (Å²) in [6.07, 6.45) is 1.19. The number of anilines is 2. The number of nitrogens with zero attached hydrogens (tertiary/aromatic N) is 2. The number of carboxylic acid groups (broad SMARTS) is 1. The molecule has 32 heavy (non-hydrogen) atoms. The summed E-state index contributed by atoms with van der Waals surface area (Å²) < 4.78 is 27.5. The number of hydrogen-bond donors (Lipinski definition) is 3. The van der Waals surface area contributed by atoms with Crippen molar-refractivity contribution < 1.29 is 23.2 Å². The fraction of sp³-hybridized carbons (Fsp3) is 0. The molecule has 3 aromatic rings. The smallest absolute Gasteiger partial charge is 0.336 e. The van der Waals surface area contributed by atoms with Gasteiger partial charge in [0.05, 0.1) is 21.6 Å². The van der Waals surface area contributed by atoms with Gasteiger partial charge in [0.2, 0.25) is 0 Å². The van der Waals surface area contributed by atoms with Crippen LogP contribution in [0, 0.1) is 10.1 Å². The van der Waals surface area contributed by atoms with E-state index >= 15 is 0 Å². The summed E-state index contributed by atoms with van der Waals surface area (Å²) in [5.41, 5.74) is 2.35. The second kappa shape index (κ2) is 9.45. The maximum atomic E-state index is 12.6. The minimum absolute atomic E-state index is 0.00210. The number of rotatable bonds is 8. The minimum Gasteiger partial charge on any atom is -0.478 e. The molecule has 0 atom stereocenters. The van der Waals surface area contributed by atoms with Gasteiger partial charge in [-0.05, 0) is 42.5 Å². The minimum atomic E-state index is -4.11. The number of nitro groups is 1. The molecular formula is C20H15ClN4O6S. The average molecular weight is 475 g/mol. The lowest BCUT2D eigenvalue weighted by atomic mass is 10.1. The Morgan fingerprint density at radius 1 is 1.09 bits per heavy atom. The summed E-state index contributed by atoms with van der Waals surface area (Å²) in [7, 11) is -4.11. The zero-order chi connectivity index (χ0) is 23.3. The molecule has 0 spiro atoms. The predicted molar refractivity (Wildman–Crippen MR) is 120 cm³/mol. The molecule has 0 amide bonds. The summed E-state index contributed by atoms with van der Waals surface area (Å²) in [5, 5.41) is 24.9. The number of benzene rings is 3. The van der Waals surface area contributed by atoms with Crippen LogP contribution in [0.3, 0.4) is 0 Å². The number of carboxylic acids is 1. The van der Waals surface area contributed by atoms with Crippen LogP contribution in [0.5, 0.6) is 0 Å². The molecule has 3 aromatic carbocycles. The van der Waals surface area contributed by atoms with Gasteiger partial charge < -0.3 is 5.11 Å². The van der Waals surface area contributed by atoms with Gasteiger partial charge in [-0.3, -0.25) is 20.3 Å². The van der Waals surface area contributed by atoms with Gasteiger partial charge in [0.25, 0.3) is 15.7 Å². The lowest BCUT2D eigenvalue weighted by molar-refractivity contribution is -0.384. The number of nitrogens with one attached hydrogen (secondary N) is 2. The Hall–Kier alpha value is -3.96. The molecule has 0 bridgehead atoms. The SMILES string of the molecule is O=C(O)c1ccccc1C=NNc1ccc(S(=O)(=O)Nc2ccc(Cl)cc2)cc1[N+](=O)[O-]. The Kier molecular flexibility index (Phi) is 6.71. The van der Waals surface area contributed by atoms with Crippen molar-refractivity contribution in [1.82, 2.24) is 0 Å². The number of halogens is 1. The van der Waals surface area contributed by atoms with E-state index in [9.17, 15) is 28.4 Å². The second-order valence-electron chi connectivity index (χ2n) is 6.31. The molecule has 3 rings (SSSR count). The molecule has 3 N–H and O–H groups in total. The number of hydrogen-bond acceptors (Lipinski definition) is 7. The summed E-state index contributed by atoms with van der Waals surface area (Å²) in [6.45, 7) is 0. The first-order valence-corrected chi connectivity index (χ1v) is 10.7. The van der Waals surface area contributed by atoms with Crippen LogP contribution < -0.4 is 10.1 Å². The number of carbonyl (C=O) groups is 1. The molecule has 0 unspecified atom stereocenters. The van der Waals surface area contributed by atoms with Crippen LogP contribution in [0.15, 0.2) is 76.7 Å². The number of hydrazone groups is 1. The van der Waals surface area contributed by atoms with Crippen molar-refractivity contribution in [1.29, 1.82) is 0 Å². The average Bonchev–Trinajstić information content (AvgIpc) is 2.75. The van der Waals surface area contributed by atoms with Crippen LogP contribution in [-0.2, 0) is 10.0 Å². The van der Waals surface area contributed by atoms with Crippen LogP contribution in [-0.4, -0.2) is 30.6 Å². The molecule has 0 aromatic heterocycles. The molecule has 0 aliphatic carbocycles. The molecule has 0 aliphatic rings. The first-order chi connectivity index (χ1) is 15.2. The van der Waals surface area contributed by atoms with Crippen molar-refractivity contribution in [2.24, 2.45) is 5.10 Å². The van der Waals surface area contributed by atoms with Crippen LogP contribution in [0.1, 0.15) is 15.9 Å². The van der Waals surface area contributed by atoms with E-state index in [4.69, 9.17) is 11.6 Å². The topological polar surface area (TPSA) is 151 Å². The monoisotopic (exact) mass is 474 g/mol. The van der Waals surface area contributed by atoms with E-state index in [2.05, 4.69) is 15.2 Å². The molecule has 0 saturated carbocycles. The van der Waals surface area contributed by atoms with Gasteiger partial charge in [0, 0.05) is 22.3 Å². The molecule has 12 heteroatoms. The van der Waals surface area contributed by atoms with Crippen LogP contribution in [0.2, 0.25) is 5.02 Å². The summed E-state index contributed by atoms with van der Waals surface area (Å²) in [5.74, 6) is -1.15. The van der Waals surface area contributed by atoms with Gasteiger partial charge in [-0.25, -0.2) is 13.2 Å². The van der Waals surface area contributed by atoms with E-state index in [0.717, 1.165) is 6.07 Å². The van der Waals surface area contributed by atoms with E-state index in [0.29, 0.717) is 5.02 Å².